The maximum atomic E-state index is 13.0. The van der Waals surface area contributed by atoms with E-state index in [0.29, 0.717) is 18.8 Å². The summed E-state index contributed by atoms with van der Waals surface area (Å²) in [5, 5.41) is 2.90. The van der Waals surface area contributed by atoms with E-state index in [9.17, 15) is 9.59 Å². The first-order valence-electron chi connectivity index (χ1n) is 9.41. The first-order valence-corrected chi connectivity index (χ1v) is 11.2. The third-order valence-corrected chi connectivity index (χ3v) is 5.89. The van der Waals surface area contributed by atoms with Gasteiger partial charge in [0.05, 0.1) is 5.75 Å². The largest absolute Gasteiger partial charge is 0.354 e. The Balaban J connectivity index is 2.10. The molecule has 0 aliphatic carbocycles. The van der Waals surface area contributed by atoms with Crippen LogP contribution in [0.3, 0.4) is 0 Å². The maximum absolute atomic E-state index is 13.0. The van der Waals surface area contributed by atoms with E-state index in [1.807, 2.05) is 62.4 Å². The summed E-state index contributed by atoms with van der Waals surface area (Å²) in [5.41, 5.74) is 2.18. The Morgan fingerprint density at radius 1 is 1.11 bits per heavy atom. The second-order valence-corrected chi connectivity index (χ2v) is 8.68. The highest BCUT2D eigenvalue weighted by Gasteiger charge is 2.25. The Morgan fingerprint density at radius 3 is 2.36 bits per heavy atom. The maximum Gasteiger partial charge on any atom is 0.242 e. The van der Waals surface area contributed by atoms with Crippen molar-refractivity contribution in [3.63, 3.8) is 0 Å². The van der Waals surface area contributed by atoms with Gasteiger partial charge in [-0.2, -0.15) is 0 Å². The van der Waals surface area contributed by atoms with Crippen molar-refractivity contribution >= 4 is 39.5 Å². The molecule has 0 saturated heterocycles. The van der Waals surface area contributed by atoms with E-state index in [-0.39, 0.29) is 11.8 Å². The van der Waals surface area contributed by atoms with Crippen LogP contribution in [-0.4, -0.2) is 35.1 Å². The van der Waals surface area contributed by atoms with Crippen LogP contribution in [0, 0.1) is 6.92 Å². The van der Waals surface area contributed by atoms with Crippen molar-refractivity contribution in [3.8, 4) is 0 Å². The number of hydrogen-bond acceptors (Lipinski definition) is 3. The molecule has 2 rings (SSSR count). The summed E-state index contributed by atoms with van der Waals surface area (Å²) in [6.45, 7) is 6.85. The lowest BCUT2D eigenvalue weighted by atomic mass is 10.1. The number of aryl methyl sites for hydroxylation is 1. The van der Waals surface area contributed by atoms with Crippen LogP contribution < -0.4 is 5.32 Å². The fraction of sp³-hybridized carbons (Fsp3) is 0.364. The van der Waals surface area contributed by atoms with Gasteiger partial charge in [-0.05, 0) is 50.1 Å². The molecule has 1 N–H and O–H groups in total. The molecule has 0 bridgehead atoms. The normalized spacial score (nSPS) is 11.7. The molecule has 2 amide bonds. The molecule has 150 valence electrons. The highest BCUT2D eigenvalue weighted by molar-refractivity contribution is 9.10. The number of carbonyl (C=O) groups is 2. The first-order chi connectivity index (χ1) is 13.4. The molecule has 1 atom stereocenters. The minimum absolute atomic E-state index is 0.0485. The fourth-order valence-corrected chi connectivity index (χ4v) is 3.68. The molecule has 6 heteroatoms. The molecule has 0 spiro atoms. The van der Waals surface area contributed by atoms with Crippen molar-refractivity contribution in [1.29, 1.82) is 0 Å². The number of amides is 2. The lowest BCUT2D eigenvalue weighted by molar-refractivity contribution is -0.138. The van der Waals surface area contributed by atoms with Gasteiger partial charge in [0.15, 0.2) is 0 Å². The molecular weight excluding hydrogens is 436 g/mol. The van der Waals surface area contributed by atoms with E-state index in [0.717, 1.165) is 21.4 Å². The first kappa shape index (κ1) is 22.5. The molecule has 4 nitrogen and oxygen atoms in total. The zero-order valence-corrected chi connectivity index (χ0v) is 19.0. The predicted octanol–water partition coefficient (Wildman–Crippen LogP) is 4.79. The average Bonchev–Trinajstić information content (AvgIpc) is 2.70. The molecule has 2 aromatic carbocycles. The molecule has 0 heterocycles. The third kappa shape index (κ3) is 6.99. The molecule has 0 radical (unpaired) electrons. The van der Waals surface area contributed by atoms with Gasteiger partial charge in [-0.15, -0.1) is 11.8 Å². The predicted molar refractivity (Wildman–Crippen MR) is 119 cm³/mol. The third-order valence-electron chi connectivity index (χ3n) is 4.37. The van der Waals surface area contributed by atoms with Gasteiger partial charge < -0.3 is 10.2 Å². The number of benzene rings is 2. The Kier molecular flexibility index (Phi) is 9.06. The summed E-state index contributed by atoms with van der Waals surface area (Å²) in [6.07, 6.45) is 0.863. The number of nitrogens with zero attached hydrogens (tertiary/aromatic N) is 1. The van der Waals surface area contributed by atoms with Crippen LogP contribution >= 0.6 is 27.7 Å². The van der Waals surface area contributed by atoms with Crippen molar-refractivity contribution in [2.75, 3.05) is 12.3 Å². The lowest BCUT2D eigenvalue weighted by Gasteiger charge is -2.28. The number of halogens is 1. The molecule has 28 heavy (non-hydrogen) atoms. The minimum Gasteiger partial charge on any atom is -0.354 e. The van der Waals surface area contributed by atoms with E-state index < -0.39 is 6.04 Å². The van der Waals surface area contributed by atoms with Gasteiger partial charge in [0, 0.05) is 22.5 Å². The molecule has 0 aromatic heterocycles. The summed E-state index contributed by atoms with van der Waals surface area (Å²) in [4.78, 5) is 28.2. The highest BCUT2D eigenvalue weighted by Crippen LogP contribution is 2.21. The summed E-state index contributed by atoms with van der Waals surface area (Å²) in [7, 11) is 0. The van der Waals surface area contributed by atoms with E-state index in [2.05, 4.69) is 21.2 Å². The quantitative estimate of drug-likeness (QED) is 0.544. The highest BCUT2D eigenvalue weighted by atomic mass is 79.9. The van der Waals surface area contributed by atoms with Gasteiger partial charge in [0.1, 0.15) is 6.04 Å². The van der Waals surface area contributed by atoms with Gasteiger partial charge >= 0.3 is 0 Å². The standard InChI is InChI=1S/C22H27BrN2O2S/c1-4-13-24-22(27)17(3)25(14-18-7-9-19(23)10-8-18)21(26)15-28-20-11-5-16(2)6-12-20/h5-12,17H,4,13-15H2,1-3H3,(H,24,27). The number of carbonyl (C=O) groups excluding carboxylic acids is 2. The molecule has 0 fully saturated rings. The Hall–Kier alpha value is -1.79. The second kappa shape index (κ2) is 11.3. The Morgan fingerprint density at radius 2 is 1.75 bits per heavy atom. The van der Waals surface area contributed by atoms with Crippen LogP contribution in [0.4, 0.5) is 0 Å². The average molecular weight is 463 g/mol. The number of thioether (sulfide) groups is 1. The zero-order chi connectivity index (χ0) is 20.5. The van der Waals surface area contributed by atoms with E-state index in [1.165, 1.54) is 17.3 Å². The Labute approximate surface area is 180 Å². The number of nitrogens with one attached hydrogen (secondary N) is 1. The Bertz CT molecular complexity index is 778. The van der Waals surface area contributed by atoms with Crippen LogP contribution in [0.5, 0.6) is 0 Å². The van der Waals surface area contributed by atoms with Crippen molar-refractivity contribution in [2.45, 2.75) is 44.7 Å². The molecule has 0 saturated carbocycles. The second-order valence-electron chi connectivity index (χ2n) is 6.72. The zero-order valence-electron chi connectivity index (χ0n) is 16.6. The van der Waals surface area contributed by atoms with E-state index >= 15 is 0 Å². The molecular formula is C22H27BrN2O2S. The van der Waals surface area contributed by atoms with Crippen molar-refractivity contribution in [3.05, 3.63) is 64.1 Å². The van der Waals surface area contributed by atoms with Crippen LogP contribution in [0.2, 0.25) is 0 Å². The van der Waals surface area contributed by atoms with Crippen molar-refractivity contribution in [1.82, 2.24) is 10.2 Å². The fourth-order valence-electron chi connectivity index (χ4n) is 2.63. The molecule has 1 unspecified atom stereocenters. The number of hydrogen-bond donors (Lipinski definition) is 1. The van der Waals surface area contributed by atoms with Crippen molar-refractivity contribution < 1.29 is 9.59 Å². The van der Waals surface area contributed by atoms with Crippen LogP contribution in [0.15, 0.2) is 57.9 Å². The van der Waals surface area contributed by atoms with Gasteiger partial charge in [0.2, 0.25) is 11.8 Å². The molecule has 0 aliphatic heterocycles. The smallest absolute Gasteiger partial charge is 0.242 e. The van der Waals surface area contributed by atoms with Gasteiger partial charge in [0.25, 0.3) is 0 Å². The summed E-state index contributed by atoms with van der Waals surface area (Å²) in [6, 6.07) is 15.4. The van der Waals surface area contributed by atoms with Gasteiger partial charge in [-0.25, -0.2) is 0 Å². The number of rotatable bonds is 9. The van der Waals surface area contributed by atoms with E-state index in [1.54, 1.807) is 11.8 Å². The van der Waals surface area contributed by atoms with Crippen LogP contribution in [0.1, 0.15) is 31.4 Å². The molecule has 0 aliphatic rings. The summed E-state index contributed by atoms with van der Waals surface area (Å²) in [5.74, 6) is 0.130. The minimum atomic E-state index is -0.527. The monoisotopic (exact) mass is 462 g/mol. The van der Waals surface area contributed by atoms with Crippen molar-refractivity contribution in [2.24, 2.45) is 0 Å². The van der Waals surface area contributed by atoms with Gasteiger partial charge in [-0.3, -0.25) is 9.59 Å². The summed E-state index contributed by atoms with van der Waals surface area (Å²) >= 11 is 4.92. The lowest BCUT2D eigenvalue weighted by Crippen LogP contribution is -2.48. The SMILES string of the molecule is CCCNC(=O)C(C)N(Cc1ccc(Br)cc1)C(=O)CSc1ccc(C)cc1. The van der Waals surface area contributed by atoms with Gasteiger partial charge in [-0.1, -0.05) is 52.7 Å². The van der Waals surface area contributed by atoms with Crippen LogP contribution in [-0.2, 0) is 16.1 Å². The molecule has 2 aromatic rings. The van der Waals surface area contributed by atoms with E-state index in [4.69, 9.17) is 0 Å². The topological polar surface area (TPSA) is 49.4 Å². The summed E-state index contributed by atoms with van der Waals surface area (Å²) < 4.78 is 0.984. The van der Waals surface area contributed by atoms with Crippen LogP contribution in [0.25, 0.3) is 0 Å².